The molecule has 9 nitrogen and oxygen atoms in total. The number of nitrogens with zero attached hydrogens (tertiary/aromatic N) is 4. The van der Waals surface area contributed by atoms with E-state index in [1.54, 1.807) is 29.1 Å². The molecule has 4 atom stereocenters. The number of aromatic nitrogens is 4. The second kappa shape index (κ2) is 7.99. The van der Waals surface area contributed by atoms with E-state index in [-0.39, 0.29) is 23.6 Å². The van der Waals surface area contributed by atoms with Gasteiger partial charge in [-0.25, -0.2) is 17.8 Å². The Bertz CT molecular complexity index is 1400. The molecule has 0 unspecified atom stereocenters. The van der Waals surface area contributed by atoms with Crippen molar-refractivity contribution in [3.63, 3.8) is 0 Å². The minimum Gasteiger partial charge on any atom is -0.371 e. The molecule has 0 amide bonds. The fourth-order valence-corrected chi connectivity index (χ4v) is 5.95. The molecule has 4 aromatic rings. The number of hydrogen-bond donors (Lipinski definition) is 1. The number of pyridine rings is 1. The van der Waals surface area contributed by atoms with E-state index in [4.69, 9.17) is 9.47 Å². The van der Waals surface area contributed by atoms with Crippen molar-refractivity contribution in [2.75, 3.05) is 13.2 Å². The number of sulfonamides is 1. The van der Waals surface area contributed by atoms with E-state index >= 15 is 0 Å². The molecule has 6 rings (SSSR count). The lowest BCUT2D eigenvalue weighted by atomic mass is 10.1. The Morgan fingerprint density at radius 1 is 0.939 bits per heavy atom. The first-order chi connectivity index (χ1) is 16.1. The van der Waals surface area contributed by atoms with E-state index in [0.29, 0.717) is 12.1 Å². The van der Waals surface area contributed by atoms with Crippen LogP contribution in [0.4, 0.5) is 0 Å². The van der Waals surface area contributed by atoms with Crippen molar-refractivity contribution in [3.05, 3.63) is 73.1 Å². The van der Waals surface area contributed by atoms with Crippen molar-refractivity contribution in [3.8, 4) is 11.3 Å². The number of para-hydroxylation sites is 1. The lowest BCUT2D eigenvalue weighted by molar-refractivity contribution is 0.0624. The topological polar surface area (TPSA) is 108 Å². The van der Waals surface area contributed by atoms with Crippen LogP contribution in [0.3, 0.4) is 0 Å². The van der Waals surface area contributed by atoms with Crippen LogP contribution in [-0.2, 0) is 19.5 Å². The zero-order valence-electron chi connectivity index (χ0n) is 17.5. The maximum absolute atomic E-state index is 13.2. The standard InChI is InChI=1S/C23H21N5O4S/c29-33(30,20-10-4-8-16-9-5-11-24-21(16)20)26-18-13-31-23-19(14-32-22(18)23)28-12-17(25-27-28)15-6-2-1-3-7-15/h1-12,18-19,22-23,26H,13-14H2/t18-,19-,22+,23+/m0/s1. The van der Waals surface area contributed by atoms with Gasteiger partial charge in [0.15, 0.2) is 0 Å². The number of benzene rings is 2. The summed E-state index contributed by atoms with van der Waals surface area (Å²) in [5.74, 6) is 0. The summed E-state index contributed by atoms with van der Waals surface area (Å²) < 4.78 is 42.9. The van der Waals surface area contributed by atoms with E-state index in [9.17, 15) is 8.42 Å². The van der Waals surface area contributed by atoms with Gasteiger partial charge in [-0.3, -0.25) is 4.98 Å². The van der Waals surface area contributed by atoms with Crippen LogP contribution in [0.2, 0.25) is 0 Å². The summed E-state index contributed by atoms with van der Waals surface area (Å²) >= 11 is 0. The number of ether oxygens (including phenoxy) is 2. The molecule has 0 spiro atoms. The highest BCUT2D eigenvalue weighted by Crippen LogP contribution is 2.35. The Balaban J connectivity index is 1.22. The molecule has 2 saturated heterocycles. The predicted molar refractivity (Wildman–Crippen MR) is 120 cm³/mol. The lowest BCUT2D eigenvalue weighted by Gasteiger charge is -2.18. The zero-order chi connectivity index (χ0) is 22.4. The number of nitrogens with one attached hydrogen (secondary N) is 1. The van der Waals surface area contributed by atoms with Gasteiger partial charge in [-0.1, -0.05) is 53.7 Å². The fourth-order valence-electron chi connectivity index (χ4n) is 4.54. The van der Waals surface area contributed by atoms with Crippen molar-refractivity contribution in [2.24, 2.45) is 0 Å². The van der Waals surface area contributed by atoms with E-state index in [1.807, 2.05) is 48.7 Å². The van der Waals surface area contributed by atoms with Crippen LogP contribution in [0.25, 0.3) is 22.2 Å². The van der Waals surface area contributed by atoms with Crippen LogP contribution >= 0.6 is 0 Å². The highest BCUT2D eigenvalue weighted by atomic mass is 32.2. The van der Waals surface area contributed by atoms with E-state index in [2.05, 4.69) is 20.0 Å². The van der Waals surface area contributed by atoms with Gasteiger partial charge >= 0.3 is 0 Å². The Morgan fingerprint density at radius 3 is 2.64 bits per heavy atom. The molecule has 0 bridgehead atoms. The van der Waals surface area contributed by atoms with Crippen molar-refractivity contribution >= 4 is 20.9 Å². The first kappa shape index (κ1) is 20.4. The van der Waals surface area contributed by atoms with Crippen LogP contribution in [0.5, 0.6) is 0 Å². The van der Waals surface area contributed by atoms with Gasteiger partial charge in [0.2, 0.25) is 10.0 Å². The SMILES string of the molecule is O=S(=O)(N[C@H]1CO[C@H]2[C@@H]1OC[C@@H]2n1cc(-c2ccccc2)nn1)c1cccc2cccnc12. The largest absolute Gasteiger partial charge is 0.371 e. The van der Waals surface area contributed by atoms with Crippen molar-refractivity contribution in [1.29, 1.82) is 0 Å². The monoisotopic (exact) mass is 463 g/mol. The molecule has 2 aliphatic rings. The average molecular weight is 464 g/mol. The highest BCUT2D eigenvalue weighted by Gasteiger charge is 2.50. The summed E-state index contributed by atoms with van der Waals surface area (Å²) in [6.45, 7) is 0.574. The van der Waals surface area contributed by atoms with Crippen LogP contribution in [0.15, 0.2) is 78.0 Å². The molecule has 2 aliphatic heterocycles. The van der Waals surface area contributed by atoms with Gasteiger partial charge in [0.25, 0.3) is 0 Å². The maximum Gasteiger partial charge on any atom is 0.243 e. The first-order valence-corrected chi connectivity index (χ1v) is 12.1. The average Bonchev–Trinajstić information content (AvgIpc) is 3.57. The molecule has 168 valence electrons. The normalized spacial score (nSPS) is 24.8. The van der Waals surface area contributed by atoms with Crippen molar-refractivity contribution < 1.29 is 17.9 Å². The van der Waals surface area contributed by atoms with Crippen LogP contribution in [0.1, 0.15) is 6.04 Å². The summed E-state index contributed by atoms with van der Waals surface area (Å²) in [6, 6.07) is 17.8. The molecule has 1 N–H and O–H groups in total. The minimum absolute atomic E-state index is 0.141. The molecule has 4 heterocycles. The Labute approximate surface area is 190 Å². The first-order valence-electron chi connectivity index (χ1n) is 10.7. The number of fused-ring (bicyclic) bond motifs is 2. The Morgan fingerprint density at radius 2 is 1.76 bits per heavy atom. The minimum atomic E-state index is -3.83. The molecular formula is C23H21N5O4S. The van der Waals surface area contributed by atoms with Gasteiger partial charge in [0.1, 0.15) is 28.8 Å². The fraction of sp³-hybridized carbons (Fsp3) is 0.261. The summed E-state index contributed by atoms with van der Waals surface area (Å²) in [5.41, 5.74) is 2.17. The second-order valence-corrected chi connectivity index (χ2v) is 9.85. The van der Waals surface area contributed by atoms with Crippen LogP contribution in [-0.4, -0.2) is 59.9 Å². The summed E-state index contributed by atoms with van der Waals surface area (Å²) in [4.78, 5) is 4.41. The maximum atomic E-state index is 13.2. The Kier molecular flexibility index (Phi) is 4.95. The zero-order valence-corrected chi connectivity index (χ0v) is 18.3. The van der Waals surface area contributed by atoms with Crippen molar-refractivity contribution in [2.45, 2.75) is 29.2 Å². The van der Waals surface area contributed by atoms with Crippen molar-refractivity contribution in [1.82, 2.24) is 24.7 Å². The van der Waals surface area contributed by atoms with Gasteiger partial charge in [-0.05, 0) is 12.1 Å². The van der Waals surface area contributed by atoms with E-state index in [0.717, 1.165) is 16.6 Å². The molecule has 2 fully saturated rings. The number of rotatable bonds is 5. The third kappa shape index (κ3) is 3.61. The van der Waals surface area contributed by atoms with Crippen LogP contribution < -0.4 is 4.72 Å². The van der Waals surface area contributed by atoms with Gasteiger partial charge < -0.3 is 9.47 Å². The second-order valence-electron chi connectivity index (χ2n) is 8.17. The molecule has 33 heavy (non-hydrogen) atoms. The summed E-state index contributed by atoms with van der Waals surface area (Å²) in [7, 11) is -3.83. The summed E-state index contributed by atoms with van der Waals surface area (Å²) in [5, 5.41) is 9.31. The Hall–Kier alpha value is -3.18. The lowest BCUT2D eigenvalue weighted by Crippen LogP contribution is -2.44. The highest BCUT2D eigenvalue weighted by molar-refractivity contribution is 7.89. The smallest absolute Gasteiger partial charge is 0.243 e. The third-order valence-corrected chi connectivity index (χ3v) is 7.66. The quantitative estimate of drug-likeness (QED) is 0.483. The predicted octanol–water partition coefficient (Wildman–Crippen LogP) is 2.18. The molecule has 2 aromatic carbocycles. The summed E-state index contributed by atoms with van der Waals surface area (Å²) in [6.07, 6.45) is 2.71. The van der Waals surface area contributed by atoms with E-state index < -0.39 is 22.2 Å². The number of hydrogen-bond acceptors (Lipinski definition) is 7. The third-order valence-electron chi connectivity index (χ3n) is 6.14. The van der Waals surface area contributed by atoms with Gasteiger partial charge in [-0.2, -0.15) is 0 Å². The molecular weight excluding hydrogens is 442 g/mol. The van der Waals surface area contributed by atoms with Crippen LogP contribution in [0, 0.1) is 0 Å². The van der Waals surface area contributed by atoms with E-state index in [1.165, 1.54) is 0 Å². The molecule has 2 aromatic heterocycles. The van der Waals surface area contributed by atoms with Gasteiger partial charge in [0, 0.05) is 17.1 Å². The molecule has 0 saturated carbocycles. The molecule has 0 aliphatic carbocycles. The van der Waals surface area contributed by atoms with Gasteiger partial charge in [0.05, 0.1) is 31.0 Å². The molecule has 0 radical (unpaired) electrons. The molecule has 10 heteroatoms. The van der Waals surface area contributed by atoms with Gasteiger partial charge in [-0.15, -0.1) is 5.10 Å².